The number of rotatable bonds is 2. The maximum absolute atomic E-state index is 9.22. The number of benzene rings is 1. The molecule has 3 rings (SSSR count). The monoisotopic (exact) mass is 304 g/mol. The van der Waals surface area contributed by atoms with Crippen LogP contribution in [0.1, 0.15) is 50.5 Å². The van der Waals surface area contributed by atoms with Gasteiger partial charge in [0.05, 0.1) is 16.9 Å². The molecule has 1 unspecified atom stereocenters. The summed E-state index contributed by atoms with van der Waals surface area (Å²) in [5.74, 6) is 0. The Morgan fingerprint density at radius 2 is 2.10 bits per heavy atom. The minimum absolute atomic E-state index is 0.0690. The summed E-state index contributed by atoms with van der Waals surface area (Å²) in [6, 6.07) is 7.98. The zero-order chi connectivity index (χ0) is 14.7. The number of nitrogens with one attached hydrogen (secondary N) is 1. The molecule has 1 spiro atoms. The molecular formula is C17H21ClN2O. The lowest BCUT2D eigenvalue weighted by Gasteiger charge is -2.44. The van der Waals surface area contributed by atoms with Gasteiger partial charge in [0, 0.05) is 17.7 Å². The van der Waals surface area contributed by atoms with Gasteiger partial charge in [-0.15, -0.1) is 0 Å². The van der Waals surface area contributed by atoms with E-state index in [0.29, 0.717) is 16.6 Å². The van der Waals surface area contributed by atoms with E-state index >= 15 is 0 Å². The van der Waals surface area contributed by atoms with Gasteiger partial charge >= 0.3 is 0 Å². The number of nitriles is 1. The van der Waals surface area contributed by atoms with Gasteiger partial charge in [0.25, 0.3) is 0 Å². The fourth-order valence-corrected chi connectivity index (χ4v) is 3.82. The first kappa shape index (κ1) is 14.7. The van der Waals surface area contributed by atoms with Crippen LogP contribution < -0.4 is 5.32 Å². The third kappa shape index (κ3) is 3.33. The van der Waals surface area contributed by atoms with E-state index in [1.54, 1.807) is 12.1 Å². The maximum atomic E-state index is 9.22. The van der Waals surface area contributed by atoms with Crippen LogP contribution in [0.3, 0.4) is 0 Å². The zero-order valence-corrected chi connectivity index (χ0v) is 13.0. The third-order valence-corrected chi connectivity index (χ3v) is 4.95. The molecule has 1 aromatic carbocycles. The number of halogens is 1. The molecule has 2 fully saturated rings. The van der Waals surface area contributed by atoms with Crippen LogP contribution in [0.5, 0.6) is 0 Å². The van der Waals surface area contributed by atoms with Crippen molar-refractivity contribution < 1.29 is 4.74 Å². The first-order valence-corrected chi connectivity index (χ1v) is 8.19. The van der Waals surface area contributed by atoms with E-state index in [0.717, 1.165) is 25.1 Å². The van der Waals surface area contributed by atoms with E-state index in [1.807, 2.05) is 6.07 Å². The van der Waals surface area contributed by atoms with Crippen molar-refractivity contribution in [2.75, 3.05) is 11.9 Å². The van der Waals surface area contributed by atoms with Crippen molar-refractivity contribution in [2.45, 2.75) is 56.6 Å². The fraction of sp³-hybridized carbons (Fsp3) is 0.588. The topological polar surface area (TPSA) is 45.0 Å². The summed E-state index contributed by atoms with van der Waals surface area (Å²) in [4.78, 5) is 0. The van der Waals surface area contributed by atoms with Crippen LogP contribution in [0.2, 0.25) is 5.02 Å². The molecule has 1 saturated carbocycles. The SMILES string of the molecule is N#Cc1ccc(Cl)cc1NC1CCOC2(CCCCC2)C1. The van der Waals surface area contributed by atoms with E-state index < -0.39 is 0 Å². The molecule has 1 atom stereocenters. The second-order valence-electron chi connectivity index (χ2n) is 6.23. The van der Waals surface area contributed by atoms with Crippen molar-refractivity contribution in [2.24, 2.45) is 0 Å². The Balaban J connectivity index is 1.73. The van der Waals surface area contributed by atoms with E-state index in [-0.39, 0.29) is 5.60 Å². The van der Waals surface area contributed by atoms with Crippen LogP contribution in [-0.4, -0.2) is 18.2 Å². The van der Waals surface area contributed by atoms with Gasteiger partial charge in [-0.25, -0.2) is 0 Å². The molecule has 1 aromatic rings. The highest BCUT2D eigenvalue weighted by Gasteiger charge is 2.38. The van der Waals surface area contributed by atoms with Crippen molar-refractivity contribution in [1.82, 2.24) is 0 Å². The predicted molar refractivity (Wildman–Crippen MR) is 84.6 cm³/mol. The average molecular weight is 305 g/mol. The lowest BCUT2D eigenvalue weighted by Crippen LogP contribution is -2.45. The summed E-state index contributed by atoms with van der Waals surface area (Å²) in [7, 11) is 0. The molecular weight excluding hydrogens is 284 g/mol. The summed E-state index contributed by atoms with van der Waals surface area (Å²) in [5, 5.41) is 13.4. The Kier molecular flexibility index (Phi) is 4.37. The van der Waals surface area contributed by atoms with Crippen LogP contribution >= 0.6 is 11.6 Å². The summed E-state index contributed by atoms with van der Waals surface area (Å²) in [5.41, 5.74) is 1.57. The van der Waals surface area contributed by atoms with Crippen molar-refractivity contribution in [3.05, 3.63) is 28.8 Å². The lowest BCUT2D eigenvalue weighted by atomic mass is 9.78. The molecule has 2 aliphatic rings. The Labute approximate surface area is 131 Å². The van der Waals surface area contributed by atoms with Crippen molar-refractivity contribution in [1.29, 1.82) is 5.26 Å². The Bertz CT molecular complexity index is 541. The highest BCUT2D eigenvalue weighted by atomic mass is 35.5. The largest absolute Gasteiger partial charge is 0.381 e. The van der Waals surface area contributed by atoms with Crippen LogP contribution in [0.25, 0.3) is 0 Å². The van der Waals surface area contributed by atoms with Crippen molar-refractivity contribution in [3.8, 4) is 6.07 Å². The minimum atomic E-state index is 0.0690. The first-order chi connectivity index (χ1) is 10.2. The molecule has 112 valence electrons. The summed E-state index contributed by atoms with van der Waals surface area (Å²) >= 11 is 6.06. The lowest BCUT2D eigenvalue weighted by molar-refractivity contribution is -0.103. The smallest absolute Gasteiger partial charge is 0.101 e. The van der Waals surface area contributed by atoms with E-state index in [2.05, 4.69) is 11.4 Å². The van der Waals surface area contributed by atoms with Crippen LogP contribution in [0.4, 0.5) is 5.69 Å². The van der Waals surface area contributed by atoms with Crippen LogP contribution in [0.15, 0.2) is 18.2 Å². The second-order valence-corrected chi connectivity index (χ2v) is 6.66. The van der Waals surface area contributed by atoms with Crippen LogP contribution in [-0.2, 0) is 4.74 Å². The van der Waals surface area contributed by atoms with Gasteiger partial charge in [0.1, 0.15) is 6.07 Å². The van der Waals surface area contributed by atoms with E-state index in [9.17, 15) is 5.26 Å². The molecule has 3 nitrogen and oxygen atoms in total. The second kappa shape index (κ2) is 6.25. The maximum Gasteiger partial charge on any atom is 0.101 e. The molecule has 0 aromatic heterocycles. The Morgan fingerprint density at radius 3 is 2.86 bits per heavy atom. The summed E-state index contributed by atoms with van der Waals surface area (Å²) < 4.78 is 6.12. The summed E-state index contributed by atoms with van der Waals surface area (Å²) in [6.45, 7) is 0.806. The number of hydrogen-bond acceptors (Lipinski definition) is 3. The molecule has 4 heteroatoms. The van der Waals surface area contributed by atoms with Gasteiger partial charge in [0.15, 0.2) is 0 Å². The van der Waals surface area contributed by atoms with Gasteiger partial charge in [0.2, 0.25) is 0 Å². The zero-order valence-electron chi connectivity index (χ0n) is 12.2. The van der Waals surface area contributed by atoms with Gasteiger partial charge < -0.3 is 10.1 Å². The van der Waals surface area contributed by atoms with Gasteiger partial charge in [-0.05, 0) is 43.9 Å². The summed E-state index contributed by atoms with van der Waals surface area (Å²) in [6.07, 6.45) is 8.23. The normalized spacial score (nSPS) is 24.5. The van der Waals surface area contributed by atoms with Gasteiger partial charge in [-0.3, -0.25) is 0 Å². The molecule has 1 heterocycles. The molecule has 21 heavy (non-hydrogen) atoms. The standard InChI is InChI=1S/C17H21ClN2O/c18-14-5-4-13(12-19)16(10-14)20-15-6-9-21-17(11-15)7-2-1-3-8-17/h4-5,10,15,20H,1-3,6-9,11H2. The molecule has 1 N–H and O–H groups in total. The fourth-order valence-electron chi connectivity index (χ4n) is 3.65. The quantitative estimate of drug-likeness (QED) is 0.874. The molecule has 1 aliphatic heterocycles. The average Bonchev–Trinajstić information content (AvgIpc) is 2.48. The molecule has 0 radical (unpaired) electrons. The first-order valence-electron chi connectivity index (χ1n) is 7.81. The predicted octanol–water partition coefficient (Wildman–Crippen LogP) is 4.51. The van der Waals surface area contributed by atoms with Gasteiger partial charge in [-0.2, -0.15) is 5.26 Å². The van der Waals surface area contributed by atoms with Crippen molar-refractivity contribution >= 4 is 17.3 Å². The number of nitrogens with zero attached hydrogens (tertiary/aromatic N) is 1. The van der Waals surface area contributed by atoms with Gasteiger partial charge in [-0.1, -0.05) is 30.9 Å². The number of hydrogen-bond donors (Lipinski definition) is 1. The Hall–Kier alpha value is -1.24. The molecule has 0 bridgehead atoms. The molecule has 0 amide bonds. The van der Waals surface area contributed by atoms with E-state index in [1.165, 1.54) is 32.1 Å². The molecule has 1 aliphatic carbocycles. The minimum Gasteiger partial charge on any atom is -0.381 e. The van der Waals surface area contributed by atoms with Crippen LogP contribution in [0, 0.1) is 11.3 Å². The highest BCUT2D eigenvalue weighted by Crippen LogP contribution is 2.39. The third-order valence-electron chi connectivity index (χ3n) is 4.72. The number of ether oxygens (including phenoxy) is 1. The van der Waals surface area contributed by atoms with Crippen molar-refractivity contribution in [3.63, 3.8) is 0 Å². The highest BCUT2D eigenvalue weighted by molar-refractivity contribution is 6.30. The Morgan fingerprint density at radius 1 is 1.29 bits per heavy atom. The number of anilines is 1. The molecule has 1 saturated heterocycles. The van der Waals surface area contributed by atoms with E-state index in [4.69, 9.17) is 16.3 Å².